The van der Waals surface area contributed by atoms with Crippen LogP contribution in [-0.2, 0) is 4.74 Å². The van der Waals surface area contributed by atoms with E-state index in [2.05, 4.69) is 9.72 Å². The van der Waals surface area contributed by atoms with E-state index < -0.39 is 33.1 Å². The Morgan fingerprint density at radius 2 is 1.83 bits per heavy atom. The molecule has 1 aromatic heterocycles. The van der Waals surface area contributed by atoms with Crippen molar-refractivity contribution in [1.82, 2.24) is 4.98 Å². The number of hydrogen-bond donors (Lipinski definition) is 0. The maximum atomic E-state index is 12.3. The van der Waals surface area contributed by atoms with Gasteiger partial charge in [0.05, 0.1) is 34.0 Å². The standard InChI is InChI=1S/C13H8N4O7/c1-15-11-8(17(22)23)4-7(16(20)21)10-9(11)5(12(15)18)3-6(14-10)13(19)24-2/h3-4H,1-2H3. The highest BCUT2D eigenvalue weighted by molar-refractivity contribution is 6.27. The third-order valence-electron chi connectivity index (χ3n) is 3.67. The van der Waals surface area contributed by atoms with E-state index in [9.17, 15) is 29.8 Å². The summed E-state index contributed by atoms with van der Waals surface area (Å²) in [5.41, 5.74) is -2.01. The second-order valence-electron chi connectivity index (χ2n) is 4.91. The minimum absolute atomic E-state index is 0.0314. The second-order valence-corrected chi connectivity index (χ2v) is 4.91. The first kappa shape index (κ1) is 15.3. The summed E-state index contributed by atoms with van der Waals surface area (Å²) < 4.78 is 4.52. The lowest BCUT2D eigenvalue weighted by atomic mass is 10.1. The summed E-state index contributed by atoms with van der Waals surface area (Å²) >= 11 is 0. The minimum atomic E-state index is -0.885. The molecule has 0 unspecified atom stereocenters. The highest BCUT2D eigenvalue weighted by atomic mass is 16.6. The Labute approximate surface area is 132 Å². The number of nitro benzene ring substituents is 2. The molecular formula is C13H8N4O7. The van der Waals surface area contributed by atoms with Crippen LogP contribution in [0.15, 0.2) is 12.1 Å². The Morgan fingerprint density at radius 1 is 1.21 bits per heavy atom. The third-order valence-corrected chi connectivity index (χ3v) is 3.67. The normalized spacial score (nSPS) is 12.6. The van der Waals surface area contributed by atoms with Gasteiger partial charge in [0.2, 0.25) is 0 Å². The zero-order chi connectivity index (χ0) is 17.8. The Balaban J connectivity index is 2.54. The number of carbonyl (C=O) groups is 2. The summed E-state index contributed by atoms with van der Waals surface area (Å²) in [4.78, 5) is 49.8. The van der Waals surface area contributed by atoms with Gasteiger partial charge in [-0.05, 0) is 6.07 Å². The Morgan fingerprint density at radius 3 is 2.38 bits per heavy atom. The number of nitrogens with zero attached hydrogens (tertiary/aromatic N) is 4. The maximum absolute atomic E-state index is 12.3. The molecule has 2 aromatic rings. The van der Waals surface area contributed by atoms with Gasteiger partial charge in [0, 0.05) is 7.05 Å². The van der Waals surface area contributed by atoms with Gasteiger partial charge in [0.15, 0.2) is 5.52 Å². The summed E-state index contributed by atoms with van der Waals surface area (Å²) in [7, 11) is 2.39. The predicted molar refractivity (Wildman–Crippen MR) is 79.1 cm³/mol. The summed E-state index contributed by atoms with van der Waals surface area (Å²) in [6.07, 6.45) is 0. The van der Waals surface area contributed by atoms with E-state index in [-0.39, 0.29) is 27.8 Å². The summed E-state index contributed by atoms with van der Waals surface area (Å²) in [5, 5.41) is 22.5. The minimum Gasteiger partial charge on any atom is -0.464 e. The fraction of sp³-hybridized carbons (Fsp3) is 0.154. The lowest BCUT2D eigenvalue weighted by molar-refractivity contribution is -0.392. The van der Waals surface area contributed by atoms with Crippen LogP contribution in [0.3, 0.4) is 0 Å². The first-order valence-electron chi connectivity index (χ1n) is 6.44. The molecule has 24 heavy (non-hydrogen) atoms. The zero-order valence-corrected chi connectivity index (χ0v) is 12.3. The monoisotopic (exact) mass is 332 g/mol. The molecular weight excluding hydrogens is 324 g/mol. The Bertz CT molecular complexity index is 969. The van der Waals surface area contributed by atoms with Crippen LogP contribution in [0.5, 0.6) is 0 Å². The fourth-order valence-corrected chi connectivity index (χ4v) is 2.64. The van der Waals surface area contributed by atoms with Crippen LogP contribution in [0.2, 0.25) is 0 Å². The molecule has 0 N–H and O–H groups in total. The SMILES string of the molecule is COC(=O)c1cc2c3c(c([N+](=O)[O-])cc([N+](=O)[O-])c3n1)N(C)C2=O. The van der Waals surface area contributed by atoms with Crippen molar-refractivity contribution in [1.29, 1.82) is 0 Å². The zero-order valence-electron chi connectivity index (χ0n) is 12.3. The average molecular weight is 332 g/mol. The molecule has 0 radical (unpaired) electrons. The molecule has 2 heterocycles. The smallest absolute Gasteiger partial charge is 0.356 e. The molecule has 11 nitrogen and oxygen atoms in total. The highest BCUT2D eigenvalue weighted by Gasteiger charge is 2.39. The van der Waals surface area contributed by atoms with E-state index in [1.807, 2.05) is 0 Å². The van der Waals surface area contributed by atoms with Crippen LogP contribution in [0, 0.1) is 20.2 Å². The van der Waals surface area contributed by atoms with Crippen molar-refractivity contribution in [3.05, 3.63) is 43.6 Å². The number of hydrogen-bond acceptors (Lipinski definition) is 8. The van der Waals surface area contributed by atoms with Gasteiger partial charge in [0.1, 0.15) is 11.4 Å². The quantitative estimate of drug-likeness (QED) is 0.466. The largest absolute Gasteiger partial charge is 0.464 e. The number of benzene rings is 1. The summed E-state index contributed by atoms with van der Waals surface area (Å²) in [6.45, 7) is 0. The third kappa shape index (κ3) is 1.87. The van der Waals surface area contributed by atoms with E-state index in [1.54, 1.807) is 0 Å². The Kier molecular flexibility index (Phi) is 3.14. The van der Waals surface area contributed by atoms with Crippen molar-refractivity contribution in [2.45, 2.75) is 0 Å². The van der Waals surface area contributed by atoms with Crippen LogP contribution in [0.25, 0.3) is 10.9 Å². The average Bonchev–Trinajstić information content (AvgIpc) is 2.80. The van der Waals surface area contributed by atoms with Gasteiger partial charge in [-0.2, -0.15) is 0 Å². The van der Waals surface area contributed by atoms with Crippen molar-refractivity contribution in [2.24, 2.45) is 0 Å². The number of pyridine rings is 1. The molecule has 11 heteroatoms. The second kappa shape index (κ2) is 4.94. The molecule has 0 atom stereocenters. The molecule has 1 aliphatic heterocycles. The van der Waals surface area contributed by atoms with Gasteiger partial charge in [-0.15, -0.1) is 0 Å². The first-order valence-corrected chi connectivity index (χ1v) is 6.44. The number of methoxy groups -OCH3 is 1. The molecule has 0 bridgehead atoms. The van der Waals surface area contributed by atoms with Crippen LogP contribution in [0.4, 0.5) is 17.1 Å². The lowest BCUT2D eigenvalue weighted by Gasteiger charge is -2.10. The first-order chi connectivity index (χ1) is 11.3. The predicted octanol–water partition coefficient (Wildman–Crippen LogP) is 1.43. The number of rotatable bonds is 3. The van der Waals surface area contributed by atoms with Crippen molar-refractivity contribution >= 4 is 39.8 Å². The molecule has 0 spiro atoms. The number of aromatic nitrogens is 1. The molecule has 0 fully saturated rings. The van der Waals surface area contributed by atoms with Crippen molar-refractivity contribution in [3.8, 4) is 0 Å². The maximum Gasteiger partial charge on any atom is 0.356 e. The molecule has 122 valence electrons. The number of anilines is 1. The molecule has 1 amide bonds. The molecule has 0 saturated heterocycles. The number of amides is 1. The summed E-state index contributed by atoms with van der Waals surface area (Å²) in [5.74, 6) is -1.52. The van der Waals surface area contributed by atoms with Crippen LogP contribution < -0.4 is 4.90 Å². The van der Waals surface area contributed by atoms with E-state index in [1.165, 1.54) is 7.05 Å². The van der Waals surface area contributed by atoms with Gasteiger partial charge in [0.25, 0.3) is 5.91 Å². The van der Waals surface area contributed by atoms with E-state index in [4.69, 9.17) is 0 Å². The number of non-ortho nitro benzene ring substituents is 1. The van der Waals surface area contributed by atoms with Gasteiger partial charge in [-0.3, -0.25) is 25.0 Å². The van der Waals surface area contributed by atoms with E-state index in [0.29, 0.717) is 0 Å². The van der Waals surface area contributed by atoms with Gasteiger partial charge in [-0.1, -0.05) is 0 Å². The van der Waals surface area contributed by atoms with Crippen molar-refractivity contribution < 1.29 is 24.2 Å². The van der Waals surface area contributed by atoms with Crippen LogP contribution in [-0.4, -0.2) is 40.9 Å². The summed E-state index contributed by atoms with van der Waals surface area (Å²) in [6, 6.07) is 1.83. The molecule has 3 rings (SSSR count). The number of ether oxygens (including phenoxy) is 1. The van der Waals surface area contributed by atoms with Crippen LogP contribution >= 0.6 is 0 Å². The van der Waals surface area contributed by atoms with Crippen molar-refractivity contribution in [2.75, 3.05) is 19.1 Å². The Hall–Kier alpha value is -3.63. The number of nitro groups is 2. The van der Waals surface area contributed by atoms with E-state index >= 15 is 0 Å². The van der Waals surface area contributed by atoms with E-state index in [0.717, 1.165) is 24.1 Å². The number of esters is 1. The molecule has 1 aromatic carbocycles. The van der Waals surface area contributed by atoms with Crippen LogP contribution in [0.1, 0.15) is 20.8 Å². The topological polar surface area (TPSA) is 146 Å². The van der Waals surface area contributed by atoms with Crippen molar-refractivity contribution in [3.63, 3.8) is 0 Å². The van der Waals surface area contributed by atoms with Gasteiger partial charge in [-0.25, -0.2) is 9.78 Å². The van der Waals surface area contributed by atoms with Gasteiger partial charge < -0.3 is 9.64 Å². The number of carbonyl (C=O) groups excluding carboxylic acids is 2. The lowest BCUT2D eigenvalue weighted by Crippen LogP contribution is -2.21. The van der Waals surface area contributed by atoms with Gasteiger partial charge >= 0.3 is 17.3 Å². The highest BCUT2D eigenvalue weighted by Crippen LogP contribution is 2.46. The molecule has 0 aliphatic carbocycles. The molecule has 1 aliphatic rings. The molecule has 0 saturated carbocycles. The fourth-order valence-electron chi connectivity index (χ4n) is 2.64.